The second-order valence-electron chi connectivity index (χ2n) is 5.49. The molecule has 0 bridgehead atoms. The van der Waals surface area contributed by atoms with Crippen LogP contribution < -0.4 is 0 Å². The van der Waals surface area contributed by atoms with Crippen LogP contribution in [0, 0.1) is 5.41 Å². The molecule has 0 aromatic heterocycles. The topological polar surface area (TPSA) is 47.9 Å². The van der Waals surface area contributed by atoms with Gasteiger partial charge in [-0.05, 0) is 24.7 Å². The van der Waals surface area contributed by atoms with Crippen LogP contribution in [0.4, 0.5) is 0 Å². The number of aliphatic hydroxyl groups is 1. The van der Waals surface area contributed by atoms with Crippen molar-refractivity contribution in [2.24, 2.45) is 5.41 Å². The van der Waals surface area contributed by atoms with E-state index >= 15 is 0 Å². The van der Waals surface area contributed by atoms with Crippen LogP contribution in [-0.4, -0.2) is 50.9 Å². The molecule has 1 aliphatic rings. The molecular weight excluding hydrogens is 220 g/mol. The lowest BCUT2D eigenvalue weighted by Gasteiger charge is -2.38. The van der Waals surface area contributed by atoms with E-state index in [1.54, 1.807) is 7.11 Å². The number of rotatable bonds is 7. The first-order valence-corrected chi connectivity index (χ1v) is 6.41. The Kier molecular flexibility index (Phi) is 6.41. The van der Waals surface area contributed by atoms with Gasteiger partial charge < -0.3 is 19.3 Å². The van der Waals surface area contributed by atoms with Gasteiger partial charge >= 0.3 is 0 Å². The fourth-order valence-electron chi connectivity index (χ4n) is 2.18. The van der Waals surface area contributed by atoms with Gasteiger partial charge in [-0.1, -0.05) is 13.8 Å². The molecule has 0 spiro atoms. The summed E-state index contributed by atoms with van der Waals surface area (Å²) in [4.78, 5) is 0. The van der Waals surface area contributed by atoms with Gasteiger partial charge in [0.05, 0.1) is 38.6 Å². The third-order valence-corrected chi connectivity index (χ3v) is 3.29. The normalized spacial score (nSPS) is 28.2. The van der Waals surface area contributed by atoms with Crippen LogP contribution in [0.5, 0.6) is 0 Å². The molecule has 102 valence electrons. The summed E-state index contributed by atoms with van der Waals surface area (Å²) in [6.07, 6.45) is 2.47. The quantitative estimate of drug-likeness (QED) is 0.693. The molecule has 1 fully saturated rings. The Hall–Kier alpha value is -0.160. The van der Waals surface area contributed by atoms with Crippen molar-refractivity contribution in [1.82, 2.24) is 0 Å². The fourth-order valence-corrected chi connectivity index (χ4v) is 2.18. The molecule has 1 saturated carbocycles. The average Bonchev–Trinajstić information content (AvgIpc) is 2.28. The van der Waals surface area contributed by atoms with Gasteiger partial charge in [-0.3, -0.25) is 0 Å². The van der Waals surface area contributed by atoms with E-state index in [2.05, 4.69) is 13.8 Å². The molecule has 0 saturated heterocycles. The Morgan fingerprint density at radius 2 is 1.88 bits per heavy atom. The van der Waals surface area contributed by atoms with Gasteiger partial charge in [0.2, 0.25) is 0 Å². The highest BCUT2D eigenvalue weighted by Gasteiger charge is 2.34. The molecule has 1 N–H and O–H groups in total. The van der Waals surface area contributed by atoms with Crippen molar-refractivity contribution in [2.75, 3.05) is 33.5 Å². The van der Waals surface area contributed by atoms with Crippen molar-refractivity contribution in [1.29, 1.82) is 0 Å². The summed E-state index contributed by atoms with van der Waals surface area (Å²) in [5.41, 5.74) is 0.279. The highest BCUT2D eigenvalue weighted by molar-refractivity contribution is 4.85. The number of ether oxygens (including phenoxy) is 3. The maximum atomic E-state index is 9.86. The van der Waals surface area contributed by atoms with Crippen LogP contribution in [0.2, 0.25) is 0 Å². The van der Waals surface area contributed by atoms with Crippen LogP contribution in [0.3, 0.4) is 0 Å². The molecule has 0 aliphatic heterocycles. The van der Waals surface area contributed by atoms with Crippen LogP contribution in [0.25, 0.3) is 0 Å². The summed E-state index contributed by atoms with van der Waals surface area (Å²) in [7, 11) is 1.65. The van der Waals surface area contributed by atoms with Crippen molar-refractivity contribution in [2.45, 2.75) is 45.3 Å². The Morgan fingerprint density at radius 3 is 2.59 bits per heavy atom. The van der Waals surface area contributed by atoms with E-state index in [0.717, 1.165) is 19.3 Å². The van der Waals surface area contributed by atoms with Gasteiger partial charge in [0.15, 0.2) is 0 Å². The van der Waals surface area contributed by atoms with Crippen molar-refractivity contribution in [3.63, 3.8) is 0 Å². The molecule has 0 amide bonds. The molecule has 0 heterocycles. The Balaban J connectivity index is 2.12. The smallest absolute Gasteiger partial charge is 0.0840 e. The molecule has 2 atom stereocenters. The first-order chi connectivity index (χ1) is 8.05. The zero-order chi connectivity index (χ0) is 12.7. The number of hydrogen-bond donors (Lipinski definition) is 1. The van der Waals surface area contributed by atoms with Gasteiger partial charge in [0, 0.05) is 7.11 Å². The summed E-state index contributed by atoms with van der Waals surface area (Å²) in [6, 6.07) is 0. The molecule has 4 heteroatoms. The minimum absolute atomic E-state index is 0.0372. The third-order valence-electron chi connectivity index (χ3n) is 3.29. The van der Waals surface area contributed by atoms with Crippen LogP contribution in [-0.2, 0) is 14.2 Å². The minimum Gasteiger partial charge on any atom is -0.390 e. The van der Waals surface area contributed by atoms with E-state index in [1.807, 2.05) is 0 Å². The maximum Gasteiger partial charge on any atom is 0.0840 e. The predicted molar refractivity (Wildman–Crippen MR) is 66.1 cm³/mol. The van der Waals surface area contributed by atoms with E-state index in [1.165, 1.54) is 0 Å². The van der Waals surface area contributed by atoms with Crippen molar-refractivity contribution in [3.8, 4) is 0 Å². The molecule has 17 heavy (non-hydrogen) atoms. The monoisotopic (exact) mass is 246 g/mol. The van der Waals surface area contributed by atoms with Crippen molar-refractivity contribution >= 4 is 0 Å². The first kappa shape index (κ1) is 14.9. The largest absolute Gasteiger partial charge is 0.390 e. The maximum absolute atomic E-state index is 9.86. The highest BCUT2D eigenvalue weighted by Crippen LogP contribution is 2.36. The lowest BCUT2D eigenvalue weighted by atomic mass is 9.75. The number of aliphatic hydroxyl groups excluding tert-OH is 1. The summed E-state index contributed by atoms with van der Waals surface area (Å²) in [6.45, 7) is 6.76. The Morgan fingerprint density at radius 1 is 1.18 bits per heavy atom. The van der Waals surface area contributed by atoms with Crippen LogP contribution in [0.1, 0.15) is 33.1 Å². The Bertz CT molecular complexity index is 206. The zero-order valence-electron chi connectivity index (χ0n) is 11.3. The zero-order valence-corrected chi connectivity index (χ0v) is 11.3. The van der Waals surface area contributed by atoms with Crippen molar-refractivity contribution in [3.05, 3.63) is 0 Å². The lowest BCUT2D eigenvalue weighted by Crippen LogP contribution is -2.39. The van der Waals surface area contributed by atoms with Crippen LogP contribution in [0.15, 0.2) is 0 Å². The number of hydrogen-bond acceptors (Lipinski definition) is 4. The van der Waals surface area contributed by atoms with Gasteiger partial charge in [0.1, 0.15) is 0 Å². The van der Waals surface area contributed by atoms with E-state index in [4.69, 9.17) is 14.2 Å². The van der Waals surface area contributed by atoms with Gasteiger partial charge in [-0.25, -0.2) is 0 Å². The Labute approximate surface area is 104 Å². The molecule has 0 aromatic carbocycles. The fraction of sp³-hybridized carbons (Fsp3) is 1.00. The van der Waals surface area contributed by atoms with E-state index in [0.29, 0.717) is 26.4 Å². The molecular formula is C13H26O4. The highest BCUT2D eigenvalue weighted by atomic mass is 16.5. The van der Waals surface area contributed by atoms with E-state index in [9.17, 15) is 5.11 Å². The van der Waals surface area contributed by atoms with E-state index in [-0.39, 0.29) is 17.6 Å². The van der Waals surface area contributed by atoms with Gasteiger partial charge in [0.25, 0.3) is 0 Å². The van der Waals surface area contributed by atoms with Crippen molar-refractivity contribution < 1.29 is 19.3 Å². The average molecular weight is 246 g/mol. The molecule has 1 rings (SSSR count). The molecule has 0 aromatic rings. The summed E-state index contributed by atoms with van der Waals surface area (Å²) in [5.74, 6) is 0. The predicted octanol–water partition coefficient (Wildman–Crippen LogP) is 1.61. The summed E-state index contributed by atoms with van der Waals surface area (Å²) in [5, 5.41) is 9.86. The van der Waals surface area contributed by atoms with Gasteiger partial charge in [-0.2, -0.15) is 0 Å². The minimum atomic E-state index is -0.318. The SMILES string of the molecule is COCCOCCOC1CC(C)(C)CCC1O. The third kappa shape index (κ3) is 5.82. The standard InChI is InChI=1S/C13H26O4/c1-13(2)5-4-11(14)12(10-13)17-9-8-16-7-6-15-3/h11-12,14H,4-10H2,1-3H3. The first-order valence-electron chi connectivity index (χ1n) is 6.41. The lowest BCUT2D eigenvalue weighted by molar-refractivity contribution is -0.0980. The second-order valence-corrected chi connectivity index (χ2v) is 5.49. The molecule has 4 nitrogen and oxygen atoms in total. The van der Waals surface area contributed by atoms with Gasteiger partial charge in [-0.15, -0.1) is 0 Å². The summed E-state index contributed by atoms with van der Waals surface area (Å²) < 4.78 is 15.9. The number of methoxy groups -OCH3 is 1. The van der Waals surface area contributed by atoms with E-state index < -0.39 is 0 Å². The molecule has 2 unspecified atom stereocenters. The summed E-state index contributed by atoms with van der Waals surface area (Å²) >= 11 is 0. The second kappa shape index (κ2) is 7.31. The van der Waals surface area contributed by atoms with Crippen LogP contribution >= 0.6 is 0 Å². The molecule has 1 aliphatic carbocycles. The molecule has 0 radical (unpaired) electrons.